The van der Waals surface area contributed by atoms with Crippen molar-refractivity contribution in [1.29, 1.82) is 0 Å². The second-order valence-corrected chi connectivity index (χ2v) is 18.5. The molecule has 0 bridgehead atoms. The highest BCUT2D eigenvalue weighted by atomic mass is 16.4. The van der Waals surface area contributed by atoms with Crippen LogP contribution in [0.5, 0.6) is 0 Å². The maximum atomic E-state index is 14.5. The van der Waals surface area contributed by atoms with Crippen molar-refractivity contribution in [2.45, 2.75) is 106 Å². The van der Waals surface area contributed by atoms with Crippen LogP contribution in [0, 0.1) is 56.7 Å². The average Bonchev–Trinajstić information content (AvgIpc) is 3.49. The number of benzene rings is 1. The summed E-state index contributed by atoms with van der Waals surface area (Å²) in [7, 11) is 0. The lowest BCUT2D eigenvalue weighted by Gasteiger charge is -2.72. The van der Waals surface area contributed by atoms with Gasteiger partial charge in [0.15, 0.2) is 0 Å². The summed E-state index contributed by atoms with van der Waals surface area (Å²) in [5, 5.41) is 31.9. The summed E-state index contributed by atoms with van der Waals surface area (Å²) in [6.07, 6.45) is 13.3. The minimum atomic E-state index is -0.884. The molecule has 0 radical (unpaired) electrons. The molecule has 0 heterocycles. The quantitative estimate of drug-likeness (QED) is 0.165. The van der Waals surface area contributed by atoms with Crippen LogP contribution in [0.3, 0.4) is 0 Å². The van der Waals surface area contributed by atoms with Gasteiger partial charge in [-0.3, -0.25) is 9.69 Å². The summed E-state index contributed by atoms with van der Waals surface area (Å²) >= 11 is 0. The fourth-order valence-corrected chi connectivity index (χ4v) is 13.7. The molecule has 0 saturated heterocycles. The number of carbonyl (C=O) groups is 2. The van der Waals surface area contributed by atoms with Crippen LogP contribution in [0.4, 0.5) is 0 Å². The molecule has 6 rings (SSSR count). The van der Waals surface area contributed by atoms with Crippen molar-refractivity contribution < 1.29 is 24.9 Å². The van der Waals surface area contributed by atoms with Crippen molar-refractivity contribution in [3.63, 3.8) is 0 Å². The Bertz CT molecular complexity index is 1510. The predicted octanol–water partition coefficient (Wildman–Crippen LogP) is 7.83. The largest absolute Gasteiger partial charge is 0.478 e. The molecule has 0 aliphatic heterocycles. The van der Waals surface area contributed by atoms with Gasteiger partial charge in [-0.25, -0.2) is 4.79 Å². The first-order valence-corrected chi connectivity index (χ1v) is 20.1. The zero-order chi connectivity index (χ0) is 37.0. The van der Waals surface area contributed by atoms with Gasteiger partial charge in [-0.15, -0.1) is 0 Å². The van der Waals surface area contributed by atoms with E-state index in [-0.39, 0.29) is 46.2 Å². The number of aliphatic hydroxyl groups excluding tert-OH is 2. The number of allylic oxidation sites excluding steroid dienone is 3. The van der Waals surface area contributed by atoms with Crippen molar-refractivity contribution >= 4 is 17.4 Å². The van der Waals surface area contributed by atoms with Crippen LogP contribution in [0.25, 0.3) is 5.57 Å². The Hall–Kier alpha value is -2.48. The molecule has 51 heavy (non-hydrogen) atoms. The zero-order valence-electron chi connectivity index (χ0n) is 32.4. The minimum Gasteiger partial charge on any atom is -0.478 e. The van der Waals surface area contributed by atoms with Crippen molar-refractivity contribution in [2.24, 2.45) is 56.7 Å². The lowest BCUT2D eigenvalue weighted by atomic mass is 9.32. The molecule has 1 aromatic rings. The van der Waals surface area contributed by atoms with E-state index in [9.17, 15) is 24.9 Å². The van der Waals surface area contributed by atoms with E-state index in [1.807, 2.05) is 17.0 Å². The third-order valence-corrected chi connectivity index (χ3v) is 16.4. The number of carboxylic acid groups (broad SMARTS) is 1. The Morgan fingerprint density at radius 1 is 0.863 bits per heavy atom. The Kier molecular flexibility index (Phi) is 10.5. The van der Waals surface area contributed by atoms with Crippen LogP contribution in [-0.2, 0) is 4.79 Å². The van der Waals surface area contributed by atoms with Crippen LogP contribution in [0.2, 0.25) is 0 Å². The number of carbonyl (C=O) groups excluding carboxylic acids is 1. The first-order chi connectivity index (χ1) is 24.1. The summed E-state index contributed by atoms with van der Waals surface area (Å²) in [6.45, 7) is 21.8. The Labute approximate surface area is 307 Å². The normalized spacial score (nSPS) is 38.1. The maximum Gasteiger partial charge on any atom is 0.335 e. The molecule has 1 amide bonds. The van der Waals surface area contributed by atoms with Gasteiger partial charge in [-0.1, -0.05) is 71.9 Å². The fourth-order valence-electron chi connectivity index (χ4n) is 13.7. The van der Waals surface area contributed by atoms with Gasteiger partial charge in [0, 0.05) is 26.2 Å². The first-order valence-electron chi connectivity index (χ1n) is 20.1. The van der Waals surface area contributed by atoms with Gasteiger partial charge >= 0.3 is 5.97 Å². The van der Waals surface area contributed by atoms with E-state index in [2.05, 4.69) is 59.5 Å². The van der Waals surface area contributed by atoms with Gasteiger partial charge in [0.25, 0.3) is 0 Å². The van der Waals surface area contributed by atoms with Crippen LogP contribution < -0.4 is 5.32 Å². The molecule has 4 unspecified atom stereocenters. The van der Waals surface area contributed by atoms with Gasteiger partial charge in [0.1, 0.15) is 0 Å². The third-order valence-electron chi connectivity index (χ3n) is 16.4. The summed E-state index contributed by atoms with van der Waals surface area (Å²) in [4.78, 5) is 28.1. The molecule has 4 fully saturated rings. The number of nitrogens with zero attached hydrogens (tertiary/aromatic N) is 1. The maximum absolute atomic E-state index is 14.5. The number of fused-ring (bicyclic) bond motifs is 7. The lowest BCUT2D eigenvalue weighted by Crippen LogP contribution is -2.66. The highest BCUT2D eigenvalue weighted by molar-refractivity contribution is 5.88. The smallest absolute Gasteiger partial charge is 0.335 e. The van der Waals surface area contributed by atoms with Gasteiger partial charge < -0.3 is 20.6 Å². The summed E-state index contributed by atoms with van der Waals surface area (Å²) < 4.78 is 0. The number of amides is 1. The number of aromatic carboxylic acids is 1. The molecule has 282 valence electrons. The van der Waals surface area contributed by atoms with Gasteiger partial charge in [-0.2, -0.15) is 0 Å². The van der Waals surface area contributed by atoms with E-state index in [1.54, 1.807) is 12.1 Å². The molecule has 1 aromatic carbocycles. The summed E-state index contributed by atoms with van der Waals surface area (Å²) in [5.74, 6) is 1.63. The SMILES string of the molecule is C=C(CC)C1CC[C@]2(C(=O)NCCN(CCO)CCO)CC[C@]3(C)[C@H](CCC4[C@@]5(C)CC=C(c6ccc(C(=O)O)cc6)C(C)(C)C5CC[C@]43C)C12. The molecule has 4 saturated carbocycles. The number of rotatable bonds is 12. The molecule has 7 heteroatoms. The monoisotopic (exact) mass is 702 g/mol. The molecule has 4 N–H and O–H groups in total. The molecule has 7 nitrogen and oxygen atoms in total. The van der Waals surface area contributed by atoms with E-state index in [0.717, 1.165) is 44.1 Å². The first kappa shape index (κ1) is 38.3. The van der Waals surface area contributed by atoms with Crippen LogP contribution in [0.15, 0.2) is 42.5 Å². The Morgan fingerprint density at radius 3 is 2.18 bits per heavy atom. The van der Waals surface area contributed by atoms with Crippen LogP contribution in [0.1, 0.15) is 122 Å². The standard InChI is InChI=1S/C44H66N2O5/c1-8-29(2)32-15-20-44(39(51)45-23-24-46(25-27-47)26-28-48)22-21-42(6)34(37(32)44)13-14-36-41(5)18-16-33(30-9-11-31(12-10-30)38(49)50)40(3,4)35(41)17-19-43(36,42)7/h9-12,16,32,34-37,47-48H,2,8,13-15,17-28H2,1,3-7H3,(H,45,51)(H,49,50)/t32?,34-,35?,36?,37?,41+,42-,43-,44+/m1/s1. The molecular formula is C44H66N2O5. The van der Waals surface area contributed by atoms with Crippen molar-refractivity contribution in [2.75, 3.05) is 39.4 Å². The zero-order valence-corrected chi connectivity index (χ0v) is 32.4. The lowest BCUT2D eigenvalue weighted by molar-refractivity contribution is -0.225. The molecular weight excluding hydrogens is 636 g/mol. The molecule has 5 aliphatic carbocycles. The van der Waals surface area contributed by atoms with E-state index >= 15 is 0 Å². The summed E-state index contributed by atoms with van der Waals surface area (Å²) in [5.41, 5.74) is 4.24. The van der Waals surface area contributed by atoms with Gasteiger partial charge in [0.05, 0.1) is 24.2 Å². The molecule has 0 spiro atoms. The highest BCUT2D eigenvalue weighted by Crippen LogP contribution is 2.77. The number of hydrogen-bond donors (Lipinski definition) is 4. The number of carboxylic acids is 1. The number of nitrogens with one attached hydrogen (secondary N) is 1. The van der Waals surface area contributed by atoms with Gasteiger partial charge in [-0.05, 0) is 139 Å². The Balaban J connectivity index is 1.29. The van der Waals surface area contributed by atoms with Crippen LogP contribution >= 0.6 is 0 Å². The average molecular weight is 703 g/mol. The summed E-state index contributed by atoms with van der Waals surface area (Å²) in [6, 6.07) is 7.51. The topological polar surface area (TPSA) is 110 Å². The van der Waals surface area contributed by atoms with Crippen molar-refractivity contribution in [3.05, 3.63) is 53.6 Å². The minimum absolute atomic E-state index is 0.0318. The van der Waals surface area contributed by atoms with Crippen molar-refractivity contribution in [1.82, 2.24) is 10.2 Å². The van der Waals surface area contributed by atoms with E-state index < -0.39 is 5.97 Å². The van der Waals surface area contributed by atoms with E-state index in [1.165, 1.54) is 36.8 Å². The van der Waals surface area contributed by atoms with Crippen molar-refractivity contribution in [3.8, 4) is 0 Å². The van der Waals surface area contributed by atoms with E-state index in [0.29, 0.717) is 61.3 Å². The molecule has 0 aromatic heterocycles. The van der Waals surface area contributed by atoms with Crippen LogP contribution in [-0.4, -0.2) is 71.5 Å². The second kappa shape index (κ2) is 14.1. The van der Waals surface area contributed by atoms with E-state index in [4.69, 9.17) is 0 Å². The number of aliphatic hydroxyl groups is 2. The number of hydrogen-bond acceptors (Lipinski definition) is 5. The molecule has 9 atom stereocenters. The fraction of sp³-hybridized carbons (Fsp3) is 0.727. The predicted molar refractivity (Wildman–Crippen MR) is 204 cm³/mol. The second-order valence-electron chi connectivity index (χ2n) is 18.5. The van der Waals surface area contributed by atoms with Gasteiger partial charge in [0.2, 0.25) is 5.91 Å². The highest BCUT2D eigenvalue weighted by Gasteiger charge is 2.71. The third kappa shape index (κ3) is 5.96. The molecule has 5 aliphatic rings. The Morgan fingerprint density at radius 2 is 1.55 bits per heavy atom.